The van der Waals surface area contributed by atoms with Crippen LogP contribution in [0.1, 0.15) is 24.7 Å². The fraction of sp³-hybridized carbons (Fsp3) is 0.353. The number of carbonyl (C=O) groups excluding carboxylic acids is 2. The number of methoxy groups -OCH3 is 1. The summed E-state index contributed by atoms with van der Waals surface area (Å²) >= 11 is 0. The van der Waals surface area contributed by atoms with Gasteiger partial charge in [-0.1, -0.05) is 17.3 Å². The summed E-state index contributed by atoms with van der Waals surface area (Å²) < 4.78 is 10.00. The molecule has 2 amide bonds. The lowest BCUT2D eigenvalue weighted by atomic mass is 10.2. The van der Waals surface area contributed by atoms with Crippen LogP contribution in [-0.4, -0.2) is 35.5 Å². The fourth-order valence-corrected chi connectivity index (χ4v) is 2.17. The van der Waals surface area contributed by atoms with Gasteiger partial charge in [0.25, 0.3) is 0 Å². The van der Waals surface area contributed by atoms with Crippen molar-refractivity contribution in [3.05, 3.63) is 41.7 Å². The van der Waals surface area contributed by atoms with E-state index in [9.17, 15) is 9.59 Å². The molecule has 0 spiro atoms. The second kappa shape index (κ2) is 8.14. The van der Waals surface area contributed by atoms with Crippen LogP contribution in [0.25, 0.3) is 0 Å². The topological polar surface area (TPSA) is 84.7 Å². The van der Waals surface area contributed by atoms with Crippen LogP contribution in [0.2, 0.25) is 0 Å². The van der Waals surface area contributed by atoms with Crippen LogP contribution in [0.4, 0.5) is 5.82 Å². The first-order valence-corrected chi connectivity index (χ1v) is 7.59. The van der Waals surface area contributed by atoms with Crippen molar-refractivity contribution in [3.8, 4) is 5.75 Å². The molecule has 1 heterocycles. The van der Waals surface area contributed by atoms with Crippen molar-refractivity contribution in [1.82, 2.24) is 10.1 Å². The van der Waals surface area contributed by atoms with Crippen molar-refractivity contribution >= 4 is 17.6 Å². The van der Waals surface area contributed by atoms with Gasteiger partial charge in [-0.05, 0) is 24.6 Å². The lowest BCUT2D eigenvalue weighted by Gasteiger charge is -2.21. The monoisotopic (exact) mass is 331 g/mol. The third-order valence-corrected chi connectivity index (χ3v) is 3.48. The van der Waals surface area contributed by atoms with Crippen LogP contribution in [0.15, 0.2) is 34.9 Å². The summed E-state index contributed by atoms with van der Waals surface area (Å²) in [4.78, 5) is 25.3. The average molecular weight is 331 g/mol. The maximum absolute atomic E-state index is 11.9. The minimum atomic E-state index is -0.218. The molecular weight excluding hydrogens is 310 g/mol. The third-order valence-electron chi connectivity index (χ3n) is 3.48. The number of anilines is 1. The summed E-state index contributed by atoms with van der Waals surface area (Å²) in [5.41, 5.74) is 0.971. The second-order valence-electron chi connectivity index (χ2n) is 5.41. The Labute approximate surface area is 140 Å². The third kappa shape index (κ3) is 5.12. The maximum Gasteiger partial charge on any atom is 0.227 e. The molecule has 0 aliphatic rings. The molecule has 1 N–H and O–H groups in total. The van der Waals surface area contributed by atoms with Gasteiger partial charge in [0.1, 0.15) is 11.5 Å². The van der Waals surface area contributed by atoms with E-state index in [4.69, 9.17) is 9.26 Å². The molecule has 1 aromatic carbocycles. The quantitative estimate of drug-likeness (QED) is 0.842. The van der Waals surface area contributed by atoms with E-state index in [2.05, 4.69) is 10.5 Å². The molecule has 0 saturated heterocycles. The van der Waals surface area contributed by atoms with Crippen LogP contribution in [0.5, 0.6) is 5.75 Å². The molecular formula is C17H21N3O4. The highest BCUT2D eigenvalue weighted by Gasteiger charge is 2.13. The van der Waals surface area contributed by atoms with Gasteiger partial charge in [0.2, 0.25) is 11.8 Å². The summed E-state index contributed by atoms with van der Waals surface area (Å²) in [6, 6.07) is 9.11. The Morgan fingerprint density at radius 3 is 2.54 bits per heavy atom. The van der Waals surface area contributed by atoms with Gasteiger partial charge in [0, 0.05) is 32.5 Å². The Morgan fingerprint density at radius 1 is 1.29 bits per heavy atom. The average Bonchev–Trinajstić information content (AvgIpc) is 2.96. The summed E-state index contributed by atoms with van der Waals surface area (Å²) in [6.07, 6.45) is 0.182. The number of nitrogens with zero attached hydrogens (tertiary/aromatic N) is 2. The summed E-state index contributed by atoms with van der Waals surface area (Å²) in [7, 11) is 1.60. The zero-order chi connectivity index (χ0) is 17.5. The molecule has 7 heteroatoms. The summed E-state index contributed by atoms with van der Waals surface area (Å²) in [6.45, 7) is 4.00. The predicted octanol–water partition coefficient (Wildman–Crippen LogP) is 2.37. The Balaban J connectivity index is 1.88. The number of rotatable bonds is 7. The minimum Gasteiger partial charge on any atom is -0.497 e. The molecule has 0 saturated carbocycles. The Bertz CT molecular complexity index is 694. The van der Waals surface area contributed by atoms with Crippen molar-refractivity contribution in [1.29, 1.82) is 0 Å². The van der Waals surface area contributed by atoms with E-state index in [1.807, 2.05) is 24.3 Å². The smallest absolute Gasteiger partial charge is 0.227 e. The normalized spacial score (nSPS) is 10.3. The van der Waals surface area contributed by atoms with Gasteiger partial charge >= 0.3 is 0 Å². The van der Waals surface area contributed by atoms with Crippen molar-refractivity contribution in [2.24, 2.45) is 0 Å². The molecule has 0 atom stereocenters. The molecule has 2 aromatic rings. The molecule has 0 fully saturated rings. The first kappa shape index (κ1) is 17.5. The highest BCUT2D eigenvalue weighted by Crippen LogP contribution is 2.13. The van der Waals surface area contributed by atoms with E-state index in [1.54, 1.807) is 25.0 Å². The van der Waals surface area contributed by atoms with Gasteiger partial charge in [-0.15, -0.1) is 0 Å². The van der Waals surface area contributed by atoms with E-state index in [0.717, 1.165) is 11.3 Å². The highest BCUT2D eigenvalue weighted by molar-refractivity contribution is 5.90. The first-order chi connectivity index (χ1) is 11.5. The number of nitrogens with one attached hydrogen (secondary N) is 1. The van der Waals surface area contributed by atoms with Crippen LogP contribution in [0, 0.1) is 6.92 Å². The van der Waals surface area contributed by atoms with Crippen molar-refractivity contribution in [3.63, 3.8) is 0 Å². The Kier molecular flexibility index (Phi) is 5.95. The van der Waals surface area contributed by atoms with Crippen LogP contribution in [0.3, 0.4) is 0 Å². The van der Waals surface area contributed by atoms with E-state index >= 15 is 0 Å². The Hall–Kier alpha value is -2.83. The van der Waals surface area contributed by atoms with Gasteiger partial charge < -0.3 is 19.5 Å². The maximum atomic E-state index is 11.9. The summed E-state index contributed by atoms with van der Waals surface area (Å²) in [5.74, 6) is 1.45. The second-order valence-corrected chi connectivity index (χ2v) is 5.41. The van der Waals surface area contributed by atoms with Gasteiger partial charge in [0.05, 0.1) is 7.11 Å². The van der Waals surface area contributed by atoms with E-state index in [1.165, 1.54) is 6.92 Å². The van der Waals surface area contributed by atoms with Crippen LogP contribution in [-0.2, 0) is 16.1 Å². The van der Waals surface area contributed by atoms with Gasteiger partial charge in [-0.25, -0.2) is 0 Å². The number of hydrogen-bond donors (Lipinski definition) is 1. The number of aromatic nitrogens is 1. The van der Waals surface area contributed by atoms with E-state index in [-0.39, 0.29) is 18.2 Å². The van der Waals surface area contributed by atoms with E-state index in [0.29, 0.717) is 24.7 Å². The standard InChI is InChI=1S/C17H21N3O4/c1-12-10-16(19-24-12)18-17(22)8-9-20(13(2)21)11-14-4-6-15(23-3)7-5-14/h4-7,10H,8-9,11H2,1-3H3,(H,18,19,22). The summed E-state index contributed by atoms with van der Waals surface area (Å²) in [5, 5.41) is 6.34. The predicted molar refractivity (Wildman–Crippen MR) is 88.6 cm³/mol. The lowest BCUT2D eigenvalue weighted by molar-refractivity contribution is -0.129. The van der Waals surface area contributed by atoms with E-state index < -0.39 is 0 Å². The fourth-order valence-electron chi connectivity index (χ4n) is 2.17. The van der Waals surface area contributed by atoms with Gasteiger partial charge in [-0.3, -0.25) is 9.59 Å². The molecule has 0 aliphatic heterocycles. The number of benzene rings is 1. The molecule has 7 nitrogen and oxygen atoms in total. The first-order valence-electron chi connectivity index (χ1n) is 7.59. The van der Waals surface area contributed by atoms with Gasteiger partial charge in [0.15, 0.2) is 5.82 Å². The molecule has 2 rings (SSSR count). The van der Waals surface area contributed by atoms with Crippen molar-refractivity contribution in [2.75, 3.05) is 19.0 Å². The molecule has 1 aromatic heterocycles. The Morgan fingerprint density at radius 2 is 2.00 bits per heavy atom. The number of hydrogen-bond acceptors (Lipinski definition) is 5. The SMILES string of the molecule is COc1ccc(CN(CCC(=O)Nc2cc(C)on2)C(C)=O)cc1. The molecule has 0 radical (unpaired) electrons. The molecule has 0 aliphatic carbocycles. The molecule has 128 valence electrons. The molecule has 24 heavy (non-hydrogen) atoms. The van der Waals surface area contributed by atoms with Crippen LogP contribution >= 0.6 is 0 Å². The lowest BCUT2D eigenvalue weighted by Crippen LogP contribution is -2.31. The number of aryl methyl sites for hydroxylation is 1. The number of ether oxygens (including phenoxy) is 1. The zero-order valence-electron chi connectivity index (χ0n) is 14.0. The van der Waals surface area contributed by atoms with Crippen molar-refractivity contribution < 1.29 is 18.8 Å². The zero-order valence-corrected chi connectivity index (χ0v) is 14.0. The minimum absolute atomic E-state index is 0.0871. The van der Waals surface area contributed by atoms with Crippen LogP contribution < -0.4 is 10.1 Å². The number of amides is 2. The molecule has 0 unspecified atom stereocenters. The molecule has 0 bridgehead atoms. The number of carbonyl (C=O) groups is 2. The van der Waals surface area contributed by atoms with Crippen molar-refractivity contribution in [2.45, 2.75) is 26.8 Å². The largest absolute Gasteiger partial charge is 0.497 e. The highest BCUT2D eigenvalue weighted by atomic mass is 16.5. The van der Waals surface area contributed by atoms with Gasteiger partial charge in [-0.2, -0.15) is 0 Å².